The van der Waals surface area contributed by atoms with Gasteiger partial charge >= 0.3 is 5.97 Å². The molecule has 3 heterocycles. The van der Waals surface area contributed by atoms with Gasteiger partial charge in [-0.25, -0.2) is 9.98 Å². The number of aromatic nitrogens is 1. The van der Waals surface area contributed by atoms with Gasteiger partial charge in [-0.1, -0.05) is 46.6 Å². The smallest absolute Gasteiger partial charge is 0.316 e. The second-order valence-corrected chi connectivity index (χ2v) is 13.5. The van der Waals surface area contributed by atoms with Crippen molar-refractivity contribution in [2.45, 2.75) is 98.6 Å². The number of rotatable bonds is 4. The fourth-order valence-electron chi connectivity index (χ4n) is 6.68. The van der Waals surface area contributed by atoms with Gasteiger partial charge < -0.3 is 29.8 Å². The van der Waals surface area contributed by atoms with Gasteiger partial charge in [0.2, 0.25) is 5.91 Å². The zero-order valence-electron chi connectivity index (χ0n) is 29.7. The van der Waals surface area contributed by atoms with Crippen molar-refractivity contribution in [1.29, 1.82) is 0 Å². The van der Waals surface area contributed by atoms with Crippen LogP contribution in [0, 0.1) is 41.4 Å². The summed E-state index contributed by atoms with van der Waals surface area (Å²) in [6.07, 6.45) is -1.38. The number of aliphatic imine (C=N–C) groups is 2. The molecule has 0 spiro atoms. The number of hydrogen-bond acceptors (Lipinski definition) is 11. The quantitative estimate of drug-likeness (QED) is 0.208. The summed E-state index contributed by atoms with van der Waals surface area (Å²) in [5.74, 6) is 1.87. The summed E-state index contributed by atoms with van der Waals surface area (Å²) >= 11 is 0. The summed E-state index contributed by atoms with van der Waals surface area (Å²) in [7, 11) is 0. The number of nitrogen functional groups attached to an aromatic ring is 1. The lowest BCUT2D eigenvalue weighted by atomic mass is 9.70. The van der Waals surface area contributed by atoms with Gasteiger partial charge in [-0.2, -0.15) is 0 Å². The minimum atomic E-state index is -1.75. The Bertz CT molecular complexity index is 1450. The number of amides is 1. The number of ketones is 1. The predicted octanol–water partition coefficient (Wildman–Crippen LogP) is 3.82. The second-order valence-electron chi connectivity index (χ2n) is 13.5. The van der Waals surface area contributed by atoms with E-state index < -0.39 is 53.0 Å². The van der Waals surface area contributed by atoms with Crippen molar-refractivity contribution in [3.63, 3.8) is 0 Å². The van der Waals surface area contributed by atoms with Crippen LogP contribution in [-0.4, -0.2) is 89.1 Å². The van der Waals surface area contributed by atoms with Gasteiger partial charge in [0.25, 0.3) is 0 Å². The lowest BCUT2D eigenvalue weighted by Gasteiger charge is -2.44. The Balaban J connectivity index is 2.09. The van der Waals surface area contributed by atoms with Crippen molar-refractivity contribution in [2.75, 3.05) is 32.3 Å². The molecular weight excluding hydrogens is 616 g/mol. The van der Waals surface area contributed by atoms with Gasteiger partial charge in [-0.15, -0.1) is 0 Å². The van der Waals surface area contributed by atoms with E-state index in [2.05, 4.69) is 26.8 Å². The van der Waals surface area contributed by atoms with Crippen molar-refractivity contribution in [2.24, 2.45) is 39.6 Å². The van der Waals surface area contributed by atoms with E-state index in [9.17, 15) is 19.5 Å². The van der Waals surface area contributed by atoms with Gasteiger partial charge in [-0.3, -0.25) is 19.4 Å². The molecule has 0 radical (unpaired) electrons. The number of anilines is 1. The molecule has 1 amide bonds. The molecule has 2 aliphatic rings. The number of pyridine rings is 1. The highest BCUT2D eigenvalue weighted by Crippen LogP contribution is 2.39. The van der Waals surface area contributed by atoms with Crippen molar-refractivity contribution >= 4 is 34.9 Å². The van der Waals surface area contributed by atoms with Crippen LogP contribution in [0.5, 0.6) is 0 Å². The van der Waals surface area contributed by atoms with Crippen LogP contribution in [0.1, 0.15) is 80.8 Å². The van der Waals surface area contributed by atoms with Crippen molar-refractivity contribution < 1.29 is 38.4 Å². The largest absolute Gasteiger partial charge is 0.459 e. The van der Waals surface area contributed by atoms with Crippen LogP contribution >= 0.6 is 0 Å². The van der Waals surface area contributed by atoms with Crippen LogP contribution in [-0.2, 0) is 33.3 Å². The van der Waals surface area contributed by atoms with Gasteiger partial charge in [0.05, 0.1) is 30.6 Å². The Labute approximate surface area is 284 Å². The average molecular weight is 669 g/mol. The molecule has 12 nitrogen and oxygen atoms in total. The Kier molecular flexibility index (Phi) is 13.6. The van der Waals surface area contributed by atoms with Gasteiger partial charge in [0, 0.05) is 24.5 Å². The summed E-state index contributed by atoms with van der Waals surface area (Å²) < 4.78 is 24.6. The Morgan fingerprint density at radius 1 is 1.15 bits per heavy atom. The highest BCUT2D eigenvalue weighted by atomic mass is 16.6. The number of aliphatic hydroxyl groups is 1. The number of fused-ring (bicyclic) bond motifs is 5. The minimum Gasteiger partial charge on any atom is -0.459 e. The van der Waals surface area contributed by atoms with Crippen LogP contribution in [0.4, 0.5) is 5.82 Å². The molecule has 3 N–H and O–H groups in total. The monoisotopic (exact) mass is 668 g/mol. The first-order valence-electron chi connectivity index (χ1n) is 16.6. The van der Waals surface area contributed by atoms with E-state index >= 15 is 0 Å². The molecule has 2 fully saturated rings. The zero-order chi connectivity index (χ0) is 35.8. The maximum atomic E-state index is 13.7. The fourth-order valence-corrected chi connectivity index (χ4v) is 6.68. The van der Waals surface area contributed by atoms with E-state index in [1.54, 1.807) is 39.0 Å². The molecule has 12 heteroatoms. The van der Waals surface area contributed by atoms with Crippen molar-refractivity contribution in [3.05, 3.63) is 23.9 Å². The lowest BCUT2D eigenvalue weighted by Crippen LogP contribution is -2.57. The summed E-state index contributed by atoms with van der Waals surface area (Å²) in [5, 5.41) is 12.2. The van der Waals surface area contributed by atoms with Crippen LogP contribution in [0.25, 0.3) is 0 Å². The van der Waals surface area contributed by atoms with Gasteiger partial charge in [0.15, 0.2) is 0 Å². The molecule has 9 atom stereocenters. The second kappa shape index (κ2) is 16.7. The zero-order valence-corrected chi connectivity index (χ0v) is 29.7. The molecule has 1 aromatic rings. The lowest BCUT2D eigenvalue weighted by molar-refractivity contribution is -0.192. The van der Waals surface area contributed by atoms with E-state index in [1.165, 1.54) is 13.8 Å². The molecule has 0 aliphatic carbocycles. The van der Waals surface area contributed by atoms with E-state index in [0.29, 0.717) is 29.4 Å². The number of esters is 1. The highest BCUT2D eigenvalue weighted by molar-refractivity contribution is 6.00. The normalized spacial score (nSPS) is 35.5. The molecule has 2 bridgehead atoms. The van der Waals surface area contributed by atoms with E-state index in [0.717, 1.165) is 0 Å². The SMILES string of the molecule is CC[C@H]1OC(=O)[C@H](C)C(=O)[C@H](C)[C@@H](C)[C@@]2(C)C[C@@H](C)/C(=N\C(C)=O)[C@H](C)[C@@H](OC/C(=N\COCC#Cc3cccc(N)n3)CO2)[C@]1(C)O. The summed E-state index contributed by atoms with van der Waals surface area (Å²) in [6.45, 7) is 15.7. The van der Waals surface area contributed by atoms with Crippen molar-refractivity contribution in [1.82, 2.24) is 4.98 Å². The molecule has 264 valence electrons. The molecule has 48 heavy (non-hydrogen) atoms. The standard InChI is InChI=1S/C36H52N4O8/c1-10-29-36(9,44)33-23(4)31(39-26(7)41)21(2)17-35(8,25(6)22(3)32(42)24(5)34(43)48-29)47-19-28(18-46-33)38-20-45-16-12-14-27-13-11-15-30(37)40-27/h11,13,15,21-25,29,33,44H,10,16-20H2,1-9H3,(H2,37,40)/b38-28+,39-31+/t21-,22-,23+,24-,25-,29-,33-,35-,36-/m1/s1. The Morgan fingerprint density at radius 2 is 1.85 bits per heavy atom. The molecular formula is C36H52N4O8. The predicted molar refractivity (Wildman–Crippen MR) is 182 cm³/mol. The number of ether oxygens (including phenoxy) is 4. The van der Waals surface area contributed by atoms with Gasteiger partial charge in [0.1, 0.15) is 48.3 Å². The minimum absolute atomic E-state index is 0.0426. The summed E-state index contributed by atoms with van der Waals surface area (Å²) in [4.78, 5) is 52.7. The summed E-state index contributed by atoms with van der Waals surface area (Å²) in [6, 6.07) is 5.20. The topological polar surface area (TPSA) is 172 Å². The van der Waals surface area contributed by atoms with E-state index in [1.807, 2.05) is 27.7 Å². The third-order valence-corrected chi connectivity index (χ3v) is 9.76. The first-order chi connectivity index (χ1) is 22.5. The number of nitrogens with two attached hydrogens (primary N) is 1. The first kappa shape index (κ1) is 38.9. The average Bonchev–Trinajstić information content (AvgIpc) is 3.04. The maximum absolute atomic E-state index is 13.7. The molecule has 1 aromatic heterocycles. The van der Waals surface area contributed by atoms with Crippen molar-refractivity contribution in [3.8, 4) is 11.8 Å². The summed E-state index contributed by atoms with van der Waals surface area (Å²) in [5.41, 5.74) is 4.59. The molecule has 0 saturated carbocycles. The highest BCUT2D eigenvalue weighted by Gasteiger charge is 2.50. The maximum Gasteiger partial charge on any atom is 0.316 e. The molecule has 0 unspecified atom stereocenters. The number of hydrogen-bond donors (Lipinski definition) is 2. The molecule has 2 saturated heterocycles. The third-order valence-electron chi connectivity index (χ3n) is 9.76. The number of Topliss-reactive ketones (excluding diaryl/α,β-unsaturated/α-hetero) is 1. The first-order valence-corrected chi connectivity index (χ1v) is 16.6. The fraction of sp³-hybridized carbons (Fsp3) is 0.667. The van der Waals surface area contributed by atoms with Crippen LogP contribution < -0.4 is 5.73 Å². The van der Waals surface area contributed by atoms with Gasteiger partial charge in [-0.05, 0) is 63.5 Å². The number of cyclic esters (lactones) is 1. The Hall–Kier alpha value is -3.50. The van der Waals surface area contributed by atoms with Crippen LogP contribution in [0.2, 0.25) is 0 Å². The Morgan fingerprint density at radius 3 is 2.50 bits per heavy atom. The third kappa shape index (κ3) is 9.56. The number of carbonyl (C=O) groups excluding carboxylic acids is 3. The molecule has 3 rings (SSSR count). The molecule has 0 aromatic carbocycles. The number of nitrogens with zero attached hydrogens (tertiary/aromatic N) is 3. The molecule has 2 aliphatic heterocycles. The van der Waals surface area contributed by atoms with Crippen LogP contribution in [0.3, 0.4) is 0 Å². The van der Waals surface area contributed by atoms with Crippen LogP contribution in [0.15, 0.2) is 28.2 Å². The number of carbonyl (C=O) groups is 3. The van der Waals surface area contributed by atoms with E-state index in [-0.39, 0.29) is 50.6 Å². The van der Waals surface area contributed by atoms with E-state index in [4.69, 9.17) is 24.7 Å².